The van der Waals surface area contributed by atoms with Gasteiger partial charge in [0.25, 0.3) is 5.91 Å². The van der Waals surface area contributed by atoms with Gasteiger partial charge in [-0.2, -0.15) is 13.2 Å². The summed E-state index contributed by atoms with van der Waals surface area (Å²) in [5.41, 5.74) is 3.42. The average Bonchev–Trinajstić information content (AvgIpc) is 2.25. The number of hydrogen-bond acceptors (Lipinski definition) is 2. The summed E-state index contributed by atoms with van der Waals surface area (Å²) in [6.07, 6.45) is -4.79. The Hall–Kier alpha value is -1.56. The van der Waals surface area contributed by atoms with Gasteiger partial charge in [-0.25, -0.2) is 0 Å². The average molecular weight is 260 g/mol. The zero-order chi connectivity index (χ0) is 14.1. The molecule has 1 aromatic carbocycles. The van der Waals surface area contributed by atoms with Crippen molar-refractivity contribution in [2.24, 2.45) is 5.73 Å². The second-order valence-corrected chi connectivity index (χ2v) is 4.40. The van der Waals surface area contributed by atoms with Crippen molar-refractivity contribution < 1.29 is 18.0 Å². The van der Waals surface area contributed by atoms with E-state index in [1.54, 1.807) is 31.2 Å². The lowest BCUT2D eigenvalue weighted by molar-refractivity contribution is -0.185. The van der Waals surface area contributed by atoms with Crippen LogP contribution in [0.4, 0.5) is 18.9 Å². The third kappa shape index (κ3) is 2.64. The zero-order valence-corrected chi connectivity index (χ0v) is 10.4. The number of benzene rings is 1. The molecule has 1 atom stereocenters. The number of carbonyl (C=O) groups is 1. The van der Waals surface area contributed by atoms with Crippen molar-refractivity contribution >= 4 is 11.6 Å². The van der Waals surface area contributed by atoms with Crippen molar-refractivity contribution in [3.8, 4) is 0 Å². The van der Waals surface area contributed by atoms with Crippen LogP contribution in [0.25, 0.3) is 0 Å². The van der Waals surface area contributed by atoms with E-state index in [0.29, 0.717) is 12.6 Å². The van der Waals surface area contributed by atoms with Crippen LogP contribution in [-0.2, 0) is 4.79 Å². The summed E-state index contributed by atoms with van der Waals surface area (Å²) in [6, 6.07) is 6.62. The van der Waals surface area contributed by atoms with E-state index in [-0.39, 0.29) is 0 Å². The lowest BCUT2D eigenvalue weighted by atomic mass is 10.0. The van der Waals surface area contributed by atoms with E-state index in [0.717, 1.165) is 10.5 Å². The molecule has 0 heterocycles. The van der Waals surface area contributed by atoms with E-state index in [9.17, 15) is 18.0 Å². The maximum Gasteiger partial charge on any atom is 0.415 e. The Morgan fingerprint density at radius 1 is 1.33 bits per heavy atom. The van der Waals surface area contributed by atoms with Gasteiger partial charge in [-0.1, -0.05) is 12.1 Å². The molecule has 3 nitrogen and oxygen atoms in total. The van der Waals surface area contributed by atoms with Crippen molar-refractivity contribution in [3.05, 3.63) is 29.8 Å². The van der Waals surface area contributed by atoms with Gasteiger partial charge in [0.2, 0.25) is 0 Å². The molecule has 2 N–H and O–H groups in total. The lowest BCUT2D eigenvalue weighted by Gasteiger charge is -2.31. The minimum absolute atomic E-state index is 0.376. The Labute approximate surface area is 103 Å². The molecular formula is C12H15F3N2O. The predicted octanol–water partition coefficient (Wildman–Crippen LogP) is 2.24. The van der Waals surface area contributed by atoms with Gasteiger partial charge in [0.15, 0.2) is 5.54 Å². The number of alkyl halides is 3. The van der Waals surface area contributed by atoms with E-state index in [4.69, 9.17) is 5.73 Å². The molecule has 0 aliphatic heterocycles. The fourth-order valence-corrected chi connectivity index (χ4v) is 1.42. The fraction of sp³-hybridized carbons (Fsp3) is 0.417. The summed E-state index contributed by atoms with van der Waals surface area (Å²) in [6.45, 7) is 2.45. The predicted molar refractivity (Wildman–Crippen MR) is 63.2 cm³/mol. The number of hydrogen-bond donors (Lipinski definition) is 1. The first-order valence-electron chi connectivity index (χ1n) is 5.28. The SMILES string of the molecule is Cc1cccc(N(C)C(=O)C(C)(N)C(F)(F)F)c1. The molecule has 0 aliphatic carbocycles. The Morgan fingerprint density at radius 3 is 2.33 bits per heavy atom. The molecule has 1 amide bonds. The molecule has 0 fully saturated rings. The molecule has 1 aromatic rings. The molecule has 1 rings (SSSR count). The second kappa shape index (κ2) is 4.61. The van der Waals surface area contributed by atoms with Crippen LogP contribution in [0.5, 0.6) is 0 Å². The van der Waals surface area contributed by atoms with Gasteiger partial charge in [-0.3, -0.25) is 4.79 Å². The van der Waals surface area contributed by atoms with E-state index < -0.39 is 17.6 Å². The minimum atomic E-state index is -4.79. The molecule has 18 heavy (non-hydrogen) atoms. The Balaban J connectivity index is 3.05. The normalized spacial score (nSPS) is 15.1. The number of nitrogens with zero attached hydrogens (tertiary/aromatic N) is 1. The monoisotopic (exact) mass is 260 g/mol. The molecule has 1 unspecified atom stereocenters. The van der Waals surface area contributed by atoms with Crippen LogP contribution in [0, 0.1) is 6.92 Å². The summed E-state index contributed by atoms with van der Waals surface area (Å²) >= 11 is 0. The number of halogens is 3. The standard InChI is InChI=1S/C12H15F3N2O/c1-8-5-4-6-9(7-8)17(3)10(18)11(2,16)12(13,14)15/h4-7H,16H2,1-3H3. The Morgan fingerprint density at radius 2 is 1.89 bits per heavy atom. The van der Waals surface area contributed by atoms with Crippen LogP contribution >= 0.6 is 0 Å². The van der Waals surface area contributed by atoms with Crippen LogP contribution in [-0.4, -0.2) is 24.7 Å². The van der Waals surface area contributed by atoms with Gasteiger partial charge < -0.3 is 10.6 Å². The first-order valence-corrected chi connectivity index (χ1v) is 5.28. The fourth-order valence-electron chi connectivity index (χ4n) is 1.42. The van der Waals surface area contributed by atoms with Crippen molar-refractivity contribution in [2.45, 2.75) is 25.6 Å². The van der Waals surface area contributed by atoms with Crippen molar-refractivity contribution in [3.63, 3.8) is 0 Å². The highest BCUT2D eigenvalue weighted by Crippen LogP contribution is 2.30. The van der Waals surface area contributed by atoms with Crippen LogP contribution < -0.4 is 10.6 Å². The minimum Gasteiger partial charge on any atom is -0.314 e. The maximum absolute atomic E-state index is 12.7. The third-order valence-corrected chi connectivity index (χ3v) is 2.73. The summed E-state index contributed by atoms with van der Waals surface area (Å²) in [5.74, 6) is -1.19. The zero-order valence-electron chi connectivity index (χ0n) is 10.4. The van der Waals surface area contributed by atoms with Gasteiger partial charge in [-0.15, -0.1) is 0 Å². The molecule has 0 aliphatic rings. The van der Waals surface area contributed by atoms with Crippen LogP contribution in [0.15, 0.2) is 24.3 Å². The van der Waals surface area contributed by atoms with E-state index in [2.05, 4.69) is 0 Å². The maximum atomic E-state index is 12.7. The molecule has 0 saturated heterocycles. The molecule has 0 spiro atoms. The van der Waals surface area contributed by atoms with Gasteiger partial charge in [-0.05, 0) is 31.5 Å². The summed E-state index contributed by atoms with van der Waals surface area (Å²) in [7, 11) is 1.27. The van der Waals surface area contributed by atoms with Crippen molar-refractivity contribution in [2.75, 3.05) is 11.9 Å². The smallest absolute Gasteiger partial charge is 0.314 e. The summed E-state index contributed by atoms with van der Waals surface area (Å²) < 4.78 is 38.0. The molecule has 100 valence electrons. The highest BCUT2D eigenvalue weighted by atomic mass is 19.4. The Bertz CT molecular complexity index is 455. The molecule has 0 bridgehead atoms. The number of aryl methyl sites for hydroxylation is 1. The molecule has 6 heteroatoms. The van der Waals surface area contributed by atoms with Crippen LogP contribution in [0.2, 0.25) is 0 Å². The number of nitrogens with two attached hydrogens (primary N) is 1. The Kier molecular flexibility index (Phi) is 3.71. The number of likely N-dealkylation sites (N-methyl/N-ethyl adjacent to an activating group) is 1. The second-order valence-electron chi connectivity index (χ2n) is 4.40. The first kappa shape index (κ1) is 14.5. The quantitative estimate of drug-likeness (QED) is 0.886. The van der Waals surface area contributed by atoms with Gasteiger partial charge in [0.05, 0.1) is 0 Å². The third-order valence-electron chi connectivity index (χ3n) is 2.73. The highest BCUT2D eigenvalue weighted by molar-refractivity contribution is 6.00. The lowest BCUT2D eigenvalue weighted by Crippen LogP contribution is -2.61. The highest BCUT2D eigenvalue weighted by Gasteiger charge is 2.55. The van der Waals surface area contributed by atoms with Crippen LogP contribution in [0.3, 0.4) is 0 Å². The topological polar surface area (TPSA) is 46.3 Å². The molecule has 0 radical (unpaired) electrons. The number of amides is 1. The van der Waals surface area contributed by atoms with E-state index in [1.165, 1.54) is 7.05 Å². The van der Waals surface area contributed by atoms with E-state index in [1.807, 2.05) is 0 Å². The largest absolute Gasteiger partial charge is 0.415 e. The molecular weight excluding hydrogens is 245 g/mol. The van der Waals surface area contributed by atoms with E-state index >= 15 is 0 Å². The molecule has 0 aromatic heterocycles. The summed E-state index contributed by atoms with van der Waals surface area (Å²) in [4.78, 5) is 12.7. The van der Waals surface area contributed by atoms with Gasteiger partial charge in [0.1, 0.15) is 0 Å². The first-order chi connectivity index (χ1) is 8.07. The van der Waals surface area contributed by atoms with Crippen molar-refractivity contribution in [1.29, 1.82) is 0 Å². The van der Waals surface area contributed by atoms with Crippen LogP contribution in [0.1, 0.15) is 12.5 Å². The number of rotatable bonds is 2. The van der Waals surface area contributed by atoms with Crippen molar-refractivity contribution in [1.82, 2.24) is 0 Å². The van der Waals surface area contributed by atoms with Gasteiger partial charge in [0, 0.05) is 12.7 Å². The summed E-state index contributed by atoms with van der Waals surface area (Å²) in [5, 5.41) is 0. The molecule has 0 saturated carbocycles. The number of anilines is 1. The van der Waals surface area contributed by atoms with Gasteiger partial charge >= 0.3 is 6.18 Å². The number of carbonyl (C=O) groups excluding carboxylic acids is 1.